The summed E-state index contributed by atoms with van der Waals surface area (Å²) in [5, 5.41) is 10.1. The molecule has 0 aromatic heterocycles. The number of amides is 1. The quantitative estimate of drug-likeness (QED) is 0.651. The lowest BCUT2D eigenvalue weighted by Gasteiger charge is -2.22. The Morgan fingerprint density at radius 3 is 2.54 bits per heavy atom. The molecule has 3 N–H and O–H groups in total. The van der Waals surface area contributed by atoms with Crippen LogP contribution in [-0.2, 0) is 11.3 Å². The maximum atomic E-state index is 12.2. The first kappa shape index (κ1) is 22.6. The van der Waals surface area contributed by atoms with E-state index in [1.54, 1.807) is 6.07 Å². The molecule has 0 aliphatic carbocycles. The van der Waals surface area contributed by atoms with Crippen LogP contribution in [0.1, 0.15) is 24.8 Å². The van der Waals surface area contributed by atoms with E-state index in [-0.39, 0.29) is 36.8 Å². The van der Waals surface area contributed by atoms with E-state index in [1.165, 1.54) is 5.56 Å². The van der Waals surface area contributed by atoms with Crippen molar-refractivity contribution in [1.82, 2.24) is 5.32 Å². The van der Waals surface area contributed by atoms with Crippen LogP contribution in [-0.4, -0.2) is 18.5 Å². The molecule has 1 saturated heterocycles. The van der Waals surface area contributed by atoms with E-state index < -0.39 is 0 Å². The van der Waals surface area contributed by atoms with Gasteiger partial charge in [0.2, 0.25) is 5.91 Å². The van der Waals surface area contributed by atoms with Gasteiger partial charge in [-0.2, -0.15) is 0 Å². The number of nitrogens with one attached hydrogen (secondary N) is 3. The molecule has 0 saturated carbocycles. The summed E-state index contributed by atoms with van der Waals surface area (Å²) >= 11 is 6.34. The summed E-state index contributed by atoms with van der Waals surface area (Å²) in [6.07, 6.45) is 3.11. The Balaban J connectivity index is 0.00000169. The zero-order valence-electron chi connectivity index (χ0n) is 14.3. The lowest BCUT2D eigenvalue weighted by molar-refractivity contribution is -0.118. The third-order valence-electron chi connectivity index (χ3n) is 4.19. The Bertz CT molecular complexity index is 692. The molecule has 1 aliphatic heterocycles. The maximum Gasteiger partial charge on any atom is 0.241 e. The highest BCUT2D eigenvalue weighted by Crippen LogP contribution is 2.26. The van der Waals surface area contributed by atoms with Crippen molar-refractivity contribution in [2.45, 2.75) is 31.8 Å². The average molecular weight is 417 g/mol. The van der Waals surface area contributed by atoms with Crippen molar-refractivity contribution >= 4 is 53.7 Å². The third-order valence-corrected chi connectivity index (χ3v) is 4.50. The number of hydrogen-bond donors (Lipinski definition) is 3. The van der Waals surface area contributed by atoms with Gasteiger partial charge in [0.05, 0.1) is 16.8 Å². The van der Waals surface area contributed by atoms with Crippen molar-refractivity contribution in [2.75, 3.05) is 17.2 Å². The van der Waals surface area contributed by atoms with E-state index in [4.69, 9.17) is 11.6 Å². The average Bonchev–Trinajstić information content (AvgIpc) is 2.62. The summed E-state index contributed by atoms with van der Waals surface area (Å²) in [5.41, 5.74) is 2.77. The van der Waals surface area contributed by atoms with E-state index in [0.717, 1.165) is 37.2 Å². The van der Waals surface area contributed by atoms with Gasteiger partial charge in [0.25, 0.3) is 0 Å². The Morgan fingerprint density at radius 2 is 1.88 bits per heavy atom. The highest BCUT2D eigenvalue weighted by atomic mass is 35.5. The van der Waals surface area contributed by atoms with E-state index in [0.29, 0.717) is 11.6 Å². The van der Waals surface area contributed by atoms with Crippen LogP contribution in [0.3, 0.4) is 0 Å². The zero-order chi connectivity index (χ0) is 16.8. The van der Waals surface area contributed by atoms with Crippen LogP contribution in [0.2, 0.25) is 5.02 Å². The van der Waals surface area contributed by atoms with Gasteiger partial charge in [-0.15, -0.1) is 24.8 Å². The molecular formula is C19H24Cl3N3O. The molecule has 2 aromatic carbocycles. The predicted octanol–water partition coefficient (Wildman–Crippen LogP) is 4.88. The number of rotatable bonds is 5. The molecule has 0 spiro atoms. The van der Waals surface area contributed by atoms with Crippen LogP contribution in [0.15, 0.2) is 48.5 Å². The van der Waals surface area contributed by atoms with Gasteiger partial charge < -0.3 is 16.0 Å². The highest BCUT2D eigenvalue weighted by Gasteiger charge is 2.20. The van der Waals surface area contributed by atoms with Crippen molar-refractivity contribution in [3.8, 4) is 0 Å². The normalized spacial score (nSPS) is 16.0. The summed E-state index contributed by atoms with van der Waals surface area (Å²) in [6.45, 7) is 1.61. The van der Waals surface area contributed by atoms with Crippen LogP contribution >= 0.6 is 36.4 Å². The first-order valence-electron chi connectivity index (χ1n) is 8.34. The Morgan fingerprint density at radius 1 is 1.12 bits per heavy atom. The lowest BCUT2D eigenvalue weighted by atomic mass is 10.0. The van der Waals surface area contributed by atoms with Gasteiger partial charge in [0.15, 0.2) is 0 Å². The fraction of sp³-hybridized carbons (Fsp3) is 0.316. The van der Waals surface area contributed by atoms with E-state index >= 15 is 0 Å². The number of piperidine rings is 1. The van der Waals surface area contributed by atoms with Crippen molar-refractivity contribution < 1.29 is 4.79 Å². The minimum atomic E-state index is -0.103. The van der Waals surface area contributed by atoms with Crippen LogP contribution in [0, 0.1) is 0 Å². The summed E-state index contributed by atoms with van der Waals surface area (Å²) in [6, 6.07) is 15.6. The van der Waals surface area contributed by atoms with E-state index in [1.807, 2.05) is 30.3 Å². The molecule has 0 radical (unpaired) electrons. The zero-order valence-corrected chi connectivity index (χ0v) is 16.7. The number of benzene rings is 2. The first-order valence-corrected chi connectivity index (χ1v) is 8.72. The molecule has 7 heteroatoms. The second-order valence-corrected chi connectivity index (χ2v) is 6.43. The summed E-state index contributed by atoms with van der Waals surface area (Å²) < 4.78 is 0. The molecule has 1 fully saturated rings. The van der Waals surface area contributed by atoms with Gasteiger partial charge >= 0.3 is 0 Å². The molecule has 0 unspecified atom stereocenters. The number of anilines is 2. The number of carbonyl (C=O) groups is 1. The molecular weight excluding hydrogens is 393 g/mol. The summed E-state index contributed by atoms with van der Waals surface area (Å²) in [5.74, 6) is 0.00996. The first-order chi connectivity index (χ1) is 11.7. The van der Waals surface area contributed by atoms with Gasteiger partial charge in [0, 0.05) is 12.2 Å². The highest BCUT2D eigenvalue weighted by molar-refractivity contribution is 6.33. The fourth-order valence-electron chi connectivity index (χ4n) is 2.83. The standard InChI is InChI=1S/C19H22ClN3O.2ClH/c20-16-12-15(23-19(24)18-8-4-5-11-21-18)9-10-17(16)22-13-14-6-2-1-3-7-14;;/h1-3,6-7,9-10,12,18,21-22H,4-5,8,11,13H2,(H,23,24);2*1H/t18-;;/m1../s1. The molecule has 1 amide bonds. The SMILES string of the molecule is Cl.Cl.O=C(Nc1ccc(NCc2ccccc2)c(Cl)c1)[C@H]1CCCCN1. The predicted molar refractivity (Wildman–Crippen MR) is 114 cm³/mol. The lowest BCUT2D eigenvalue weighted by Crippen LogP contribution is -2.43. The largest absolute Gasteiger partial charge is 0.380 e. The molecule has 3 rings (SSSR count). The van der Waals surface area contributed by atoms with Crippen LogP contribution in [0.25, 0.3) is 0 Å². The molecule has 4 nitrogen and oxygen atoms in total. The van der Waals surface area contributed by atoms with Crippen LogP contribution in [0.4, 0.5) is 11.4 Å². The van der Waals surface area contributed by atoms with Gasteiger partial charge in [0.1, 0.15) is 0 Å². The van der Waals surface area contributed by atoms with Crippen LogP contribution < -0.4 is 16.0 Å². The molecule has 0 bridgehead atoms. The van der Waals surface area contributed by atoms with E-state index in [2.05, 4.69) is 28.1 Å². The molecule has 1 aliphatic rings. The minimum absolute atomic E-state index is 0. The van der Waals surface area contributed by atoms with E-state index in [9.17, 15) is 4.79 Å². The molecule has 2 aromatic rings. The van der Waals surface area contributed by atoms with Crippen LogP contribution in [0.5, 0.6) is 0 Å². The monoisotopic (exact) mass is 415 g/mol. The van der Waals surface area contributed by atoms with Gasteiger partial charge in [-0.3, -0.25) is 4.79 Å². The van der Waals surface area contributed by atoms with Gasteiger partial charge in [-0.1, -0.05) is 48.4 Å². The number of hydrogen-bond acceptors (Lipinski definition) is 3. The van der Waals surface area contributed by atoms with Crippen molar-refractivity contribution in [2.24, 2.45) is 0 Å². The van der Waals surface area contributed by atoms with Gasteiger partial charge in [-0.25, -0.2) is 0 Å². The maximum absolute atomic E-state index is 12.2. The Hall–Kier alpha value is -1.46. The Kier molecular flexibility index (Phi) is 9.81. The molecule has 142 valence electrons. The molecule has 1 heterocycles. The summed E-state index contributed by atoms with van der Waals surface area (Å²) in [7, 11) is 0. The molecule has 26 heavy (non-hydrogen) atoms. The Labute approximate surface area is 171 Å². The number of carbonyl (C=O) groups excluding carboxylic acids is 1. The van der Waals surface area contributed by atoms with Crippen molar-refractivity contribution in [3.05, 3.63) is 59.1 Å². The molecule has 1 atom stereocenters. The minimum Gasteiger partial charge on any atom is -0.380 e. The second-order valence-electron chi connectivity index (χ2n) is 6.03. The number of halogens is 3. The third kappa shape index (κ3) is 6.36. The van der Waals surface area contributed by atoms with Crippen molar-refractivity contribution in [1.29, 1.82) is 0 Å². The summed E-state index contributed by atoms with van der Waals surface area (Å²) in [4.78, 5) is 12.2. The van der Waals surface area contributed by atoms with Crippen molar-refractivity contribution in [3.63, 3.8) is 0 Å². The van der Waals surface area contributed by atoms with Gasteiger partial charge in [-0.05, 0) is 43.1 Å². The second kappa shape index (κ2) is 11.3. The smallest absolute Gasteiger partial charge is 0.241 e. The fourth-order valence-corrected chi connectivity index (χ4v) is 3.08. The topological polar surface area (TPSA) is 53.2 Å².